The minimum Gasteiger partial charge on any atom is -0.462 e. The molecule has 0 aromatic carbocycles. The lowest BCUT2D eigenvalue weighted by molar-refractivity contribution is -0.167. The smallest absolute Gasteiger partial charge is 0.306 e. The highest BCUT2D eigenvalue weighted by molar-refractivity contribution is 5.71. The Labute approximate surface area is 390 Å². The summed E-state index contributed by atoms with van der Waals surface area (Å²) in [4.78, 5) is 38.0. The van der Waals surface area contributed by atoms with Crippen LogP contribution >= 0.6 is 0 Å². The maximum Gasteiger partial charge on any atom is 0.306 e. The van der Waals surface area contributed by atoms with Gasteiger partial charge in [-0.25, -0.2) is 0 Å². The summed E-state index contributed by atoms with van der Waals surface area (Å²) in [5.41, 5.74) is 0. The topological polar surface area (TPSA) is 78.9 Å². The number of esters is 3. The first-order valence-electron chi connectivity index (χ1n) is 26.8. The quantitative estimate of drug-likeness (QED) is 0.0262. The number of hydrogen-bond donors (Lipinski definition) is 0. The Morgan fingerprint density at radius 2 is 0.619 bits per heavy atom. The molecular weight excluding hydrogens is 781 g/mol. The number of hydrogen-bond acceptors (Lipinski definition) is 6. The maximum absolute atomic E-state index is 12.8. The normalized spacial score (nSPS) is 12.5. The fourth-order valence-corrected chi connectivity index (χ4v) is 7.49. The fourth-order valence-electron chi connectivity index (χ4n) is 7.49. The molecule has 0 saturated heterocycles. The van der Waals surface area contributed by atoms with Gasteiger partial charge in [0.15, 0.2) is 6.10 Å². The molecule has 0 bridgehead atoms. The highest BCUT2D eigenvalue weighted by Crippen LogP contribution is 2.15. The van der Waals surface area contributed by atoms with Crippen molar-refractivity contribution in [3.05, 3.63) is 60.8 Å². The Hall–Kier alpha value is -2.89. The molecule has 0 N–H and O–H groups in total. The average Bonchev–Trinajstić information content (AvgIpc) is 3.28. The van der Waals surface area contributed by atoms with Crippen LogP contribution in [0, 0.1) is 0 Å². The van der Waals surface area contributed by atoms with Gasteiger partial charge in [0, 0.05) is 19.3 Å². The molecule has 0 rings (SSSR count). The summed E-state index contributed by atoms with van der Waals surface area (Å²) in [5, 5.41) is 0. The van der Waals surface area contributed by atoms with Crippen molar-refractivity contribution in [1.29, 1.82) is 0 Å². The Kier molecular flexibility index (Phi) is 49.4. The fraction of sp³-hybridized carbons (Fsp3) is 0.772. The summed E-state index contributed by atoms with van der Waals surface area (Å²) in [6.07, 6.45) is 63.4. The zero-order valence-corrected chi connectivity index (χ0v) is 41.6. The number of allylic oxidation sites excluding steroid dienone is 10. The third-order valence-electron chi connectivity index (χ3n) is 11.5. The first kappa shape index (κ1) is 60.1. The van der Waals surface area contributed by atoms with E-state index in [9.17, 15) is 14.4 Å². The summed E-state index contributed by atoms with van der Waals surface area (Å²) >= 11 is 0. The molecular formula is C57H100O6. The lowest BCUT2D eigenvalue weighted by Crippen LogP contribution is -2.30. The molecule has 364 valence electrons. The van der Waals surface area contributed by atoms with Gasteiger partial charge >= 0.3 is 17.9 Å². The first-order chi connectivity index (χ1) is 31.0. The Balaban J connectivity index is 4.43. The minimum absolute atomic E-state index is 0.0857. The van der Waals surface area contributed by atoms with Crippen molar-refractivity contribution >= 4 is 17.9 Å². The molecule has 0 saturated carbocycles. The molecule has 0 amide bonds. The molecule has 0 radical (unpaired) electrons. The largest absolute Gasteiger partial charge is 0.462 e. The van der Waals surface area contributed by atoms with Crippen molar-refractivity contribution < 1.29 is 28.6 Å². The lowest BCUT2D eigenvalue weighted by atomic mass is 10.0. The number of unbranched alkanes of at least 4 members (excludes halogenated alkanes) is 27. The van der Waals surface area contributed by atoms with Crippen LogP contribution in [0.4, 0.5) is 0 Å². The van der Waals surface area contributed by atoms with Gasteiger partial charge < -0.3 is 14.2 Å². The van der Waals surface area contributed by atoms with Gasteiger partial charge in [0.1, 0.15) is 13.2 Å². The molecule has 0 heterocycles. The highest BCUT2D eigenvalue weighted by atomic mass is 16.6. The molecule has 63 heavy (non-hydrogen) atoms. The average molecular weight is 881 g/mol. The van der Waals surface area contributed by atoms with Gasteiger partial charge in [-0.3, -0.25) is 14.4 Å². The lowest BCUT2D eigenvalue weighted by Gasteiger charge is -2.18. The summed E-state index contributed by atoms with van der Waals surface area (Å²) in [6, 6.07) is 0. The van der Waals surface area contributed by atoms with Crippen LogP contribution in [0.25, 0.3) is 0 Å². The highest BCUT2D eigenvalue weighted by Gasteiger charge is 2.19. The van der Waals surface area contributed by atoms with Crippen molar-refractivity contribution in [2.75, 3.05) is 13.2 Å². The predicted molar refractivity (Wildman–Crippen MR) is 270 cm³/mol. The van der Waals surface area contributed by atoms with E-state index >= 15 is 0 Å². The molecule has 0 aliphatic carbocycles. The summed E-state index contributed by atoms with van der Waals surface area (Å²) in [7, 11) is 0. The van der Waals surface area contributed by atoms with Crippen LogP contribution in [0.2, 0.25) is 0 Å². The zero-order chi connectivity index (χ0) is 45.8. The van der Waals surface area contributed by atoms with Gasteiger partial charge in [0.2, 0.25) is 0 Å². The number of rotatable bonds is 48. The van der Waals surface area contributed by atoms with E-state index < -0.39 is 6.10 Å². The number of ether oxygens (including phenoxy) is 3. The molecule has 6 nitrogen and oxygen atoms in total. The van der Waals surface area contributed by atoms with Crippen LogP contribution in [0.15, 0.2) is 60.8 Å². The van der Waals surface area contributed by atoms with Gasteiger partial charge in [-0.1, -0.05) is 223 Å². The van der Waals surface area contributed by atoms with Crippen molar-refractivity contribution in [2.24, 2.45) is 0 Å². The molecule has 6 heteroatoms. The van der Waals surface area contributed by atoms with E-state index in [1.165, 1.54) is 122 Å². The molecule has 0 aromatic heterocycles. The predicted octanol–water partition coefficient (Wildman–Crippen LogP) is 17.6. The Bertz CT molecular complexity index is 1150. The van der Waals surface area contributed by atoms with Crippen LogP contribution in [-0.4, -0.2) is 37.2 Å². The third-order valence-corrected chi connectivity index (χ3v) is 11.5. The number of carbonyl (C=O) groups is 3. The van der Waals surface area contributed by atoms with Crippen LogP contribution in [-0.2, 0) is 28.6 Å². The Morgan fingerprint density at radius 3 is 1.00 bits per heavy atom. The van der Waals surface area contributed by atoms with Crippen LogP contribution < -0.4 is 0 Å². The number of carbonyl (C=O) groups excluding carboxylic acids is 3. The van der Waals surface area contributed by atoms with Gasteiger partial charge in [-0.05, 0) is 83.5 Å². The van der Waals surface area contributed by atoms with Gasteiger partial charge in [-0.2, -0.15) is 0 Å². The molecule has 0 aliphatic rings. The van der Waals surface area contributed by atoms with E-state index in [1.54, 1.807) is 0 Å². The van der Waals surface area contributed by atoms with Crippen molar-refractivity contribution in [2.45, 2.75) is 271 Å². The molecule has 0 aliphatic heterocycles. The second kappa shape index (κ2) is 51.7. The maximum atomic E-state index is 12.8. The van der Waals surface area contributed by atoms with Crippen LogP contribution in [0.1, 0.15) is 265 Å². The van der Waals surface area contributed by atoms with Crippen molar-refractivity contribution in [3.8, 4) is 0 Å². The van der Waals surface area contributed by atoms with E-state index in [-0.39, 0.29) is 31.1 Å². The second-order valence-corrected chi connectivity index (χ2v) is 17.8. The monoisotopic (exact) mass is 881 g/mol. The van der Waals surface area contributed by atoms with E-state index in [4.69, 9.17) is 14.2 Å². The zero-order valence-electron chi connectivity index (χ0n) is 41.6. The van der Waals surface area contributed by atoms with E-state index in [0.717, 1.165) is 103 Å². The van der Waals surface area contributed by atoms with Crippen LogP contribution in [0.3, 0.4) is 0 Å². The van der Waals surface area contributed by atoms with E-state index in [0.29, 0.717) is 19.3 Å². The van der Waals surface area contributed by atoms with Gasteiger partial charge in [-0.15, -0.1) is 0 Å². The van der Waals surface area contributed by atoms with Crippen molar-refractivity contribution in [1.82, 2.24) is 0 Å². The third kappa shape index (κ3) is 50.0. The minimum atomic E-state index is -0.789. The first-order valence-corrected chi connectivity index (χ1v) is 26.8. The van der Waals surface area contributed by atoms with E-state index in [2.05, 4.69) is 81.5 Å². The molecule has 1 unspecified atom stereocenters. The van der Waals surface area contributed by atoms with Crippen LogP contribution in [0.5, 0.6) is 0 Å². The summed E-state index contributed by atoms with van der Waals surface area (Å²) < 4.78 is 16.8. The molecule has 1 atom stereocenters. The standard InChI is InChI=1S/C57H100O6/c1-4-7-10-13-16-19-22-25-27-29-32-35-38-41-44-47-50-56(59)62-53-54(52-61-55(58)49-46-43-40-37-34-31-24-21-18-15-12-9-6-3)63-57(60)51-48-45-42-39-36-33-30-28-26-23-20-17-14-11-8-5-2/h7,10,16,19,25,27-28,30,32,35,54H,4-6,8-9,11-15,17-18,20-24,26,29,31,33-34,36-53H2,1-3H3/b10-7-,19-16-,27-25-,30-28-,35-32-. The SMILES string of the molecule is CC/C=C\C/C=C\C/C=C\C/C=C\CCCCCC(=O)OCC(COC(=O)CCCCCCCCCCCCCCC)OC(=O)CCCCCCC/C=C\CCCCCCCCC. The van der Waals surface area contributed by atoms with Crippen molar-refractivity contribution in [3.63, 3.8) is 0 Å². The molecule has 0 aromatic rings. The Morgan fingerprint density at radius 1 is 0.333 bits per heavy atom. The second-order valence-electron chi connectivity index (χ2n) is 17.8. The molecule has 0 fully saturated rings. The summed E-state index contributed by atoms with van der Waals surface area (Å²) in [6.45, 7) is 6.50. The summed E-state index contributed by atoms with van der Waals surface area (Å²) in [5.74, 6) is -0.919. The van der Waals surface area contributed by atoms with Gasteiger partial charge in [0.05, 0.1) is 0 Å². The van der Waals surface area contributed by atoms with E-state index in [1.807, 2.05) is 0 Å². The molecule has 0 spiro atoms. The van der Waals surface area contributed by atoms with Gasteiger partial charge in [0.25, 0.3) is 0 Å².